The highest BCUT2D eigenvalue weighted by Gasteiger charge is 2.36. The number of alkyl halides is 3. The third-order valence-corrected chi connectivity index (χ3v) is 3.91. The third-order valence-electron chi connectivity index (χ3n) is 3.91. The molecule has 0 radical (unpaired) electrons. The highest BCUT2D eigenvalue weighted by atomic mass is 19.4. The number of anilines is 1. The van der Waals surface area contributed by atoms with Gasteiger partial charge in [0.05, 0.1) is 24.5 Å². The van der Waals surface area contributed by atoms with Gasteiger partial charge in [0.1, 0.15) is 23.7 Å². The molecule has 2 aromatic rings. The number of carbonyl (C=O) groups excluding carboxylic acids is 1. The summed E-state index contributed by atoms with van der Waals surface area (Å²) >= 11 is 0. The van der Waals surface area contributed by atoms with E-state index < -0.39 is 29.1 Å². The average Bonchev–Trinajstić information content (AvgIpc) is 2.64. The fraction of sp³-hybridized carbons (Fsp3) is 0.350. The topological polar surface area (TPSA) is 99.4 Å². The number of halogens is 3. The number of methoxy groups -OCH3 is 1. The van der Waals surface area contributed by atoms with Gasteiger partial charge in [0, 0.05) is 11.8 Å². The number of nitrogens with two attached hydrogens (primary N) is 1. The Morgan fingerprint density at radius 1 is 1.30 bits per heavy atom. The maximum absolute atomic E-state index is 13.6. The molecule has 0 unspecified atom stereocenters. The highest BCUT2D eigenvalue weighted by Crippen LogP contribution is 2.38. The highest BCUT2D eigenvalue weighted by molar-refractivity contribution is 5.84. The molecular weight excluding hydrogens is 401 g/mol. The van der Waals surface area contributed by atoms with Gasteiger partial charge < -0.3 is 15.2 Å². The predicted octanol–water partition coefficient (Wildman–Crippen LogP) is 4.40. The van der Waals surface area contributed by atoms with Gasteiger partial charge in [-0.15, -0.1) is 6.58 Å². The molecule has 0 aliphatic heterocycles. The van der Waals surface area contributed by atoms with Crippen LogP contribution in [0.15, 0.2) is 42.7 Å². The number of carbonyl (C=O) groups is 1. The number of amides is 1. The Bertz CT molecular complexity index is 930. The van der Waals surface area contributed by atoms with Crippen LogP contribution in [0.4, 0.5) is 23.8 Å². The smallest absolute Gasteiger partial charge is 0.420 e. The van der Waals surface area contributed by atoms with Crippen molar-refractivity contribution < 1.29 is 27.4 Å². The summed E-state index contributed by atoms with van der Waals surface area (Å²) in [6.07, 6.45) is -2.70. The maximum Gasteiger partial charge on any atom is 0.420 e. The lowest BCUT2D eigenvalue weighted by molar-refractivity contribution is -0.139. The van der Waals surface area contributed by atoms with Gasteiger partial charge in [-0.2, -0.15) is 13.2 Å². The minimum Gasteiger partial charge on any atom is -0.489 e. The van der Waals surface area contributed by atoms with Crippen LogP contribution in [-0.4, -0.2) is 35.3 Å². The molecular formula is C20H23F3N4O3. The summed E-state index contributed by atoms with van der Waals surface area (Å²) in [5.41, 5.74) is 5.35. The van der Waals surface area contributed by atoms with Gasteiger partial charge in [-0.3, -0.25) is 10.3 Å². The van der Waals surface area contributed by atoms with Gasteiger partial charge in [-0.25, -0.2) is 9.78 Å². The number of rotatable bonds is 7. The van der Waals surface area contributed by atoms with E-state index in [0.717, 1.165) is 17.8 Å². The van der Waals surface area contributed by atoms with Gasteiger partial charge in [0.25, 0.3) is 0 Å². The van der Waals surface area contributed by atoms with Crippen molar-refractivity contribution in [3.63, 3.8) is 0 Å². The molecule has 10 heteroatoms. The Labute approximate surface area is 172 Å². The number of aromatic nitrogens is 2. The van der Waals surface area contributed by atoms with Crippen LogP contribution in [0, 0.1) is 0 Å². The van der Waals surface area contributed by atoms with Crippen LogP contribution in [0.5, 0.6) is 5.75 Å². The van der Waals surface area contributed by atoms with Crippen LogP contribution < -0.4 is 15.8 Å². The lowest BCUT2D eigenvalue weighted by Gasteiger charge is -2.26. The van der Waals surface area contributed by atoms with E-state index in [1.165, 1.54) is 25.4 Å². The molecule has 0 fully saturated rings. The van der Waals surface area contributed by atoms with E-state index in [2.05, 4.69) is 26.6 Å². The normalized spacial score (nSPS) is 13.3. The first-order chi connectivity index (χ1) is 13.9. The monoisotopic (exact) mass is 424 g/mol. The molecule has 2 rings (SSSR count). The first kappa shape index (κ1) is 23.1. The van der Waals surface area contributed by atoms with E-state index in [1.807, 2.05) is 0 Å². The zero-order valence-electron chi connectivity index (χ0n) is 16.8. The van der Waals surface area contributed by atoms with E-state index >= 15 is 0 Å². The number of nitrogens with zero attached hydrogens (tertiary/aromatic N) is 2. The maximum atomic E-state index is 13.6. The van der Waals surface area contributed by atoms with E-state index in [-0.39, 0.29) is 18.1 Å². The standard InChI is InChI=1S/C20H23F3N4O3/c1-12(2)9-19(3,24)11-30-16-10-26-15(8-14(16)20(21,22)23)13-5-6-25-17(7-13)27-18(28)29-4/h5-8,10H,1,9,11,24H2,2-4H3,(H,25,27,28)/t19-/m0/s1. The fourth-order valence-electron chi connectivity index (χ4n) is 2.73. The second-order valence-corrected chi connectivity index (χ2v) is 7.19. The number of hydrogen-bond donors (Lipinski definition) is 2. The van der Waals surface area contributed by atoms with Gasteiger partial charge in [-0.1, -0.05) is 5.57 Å². The third kappa shape index (κ3) is 6.45. The Kier molecular flexibility index (Phi) is 7.04. The zero-order chi connectivity index (χ0) is 22.5. The summed E-state index contributed by atoms with van der Waals surface area (Å²) in [6.45, 7) is 7.06. The van der Waals surface area contributed by atoms with Gasteiger partial charge in [0.2, 0.25) is 0 Å². The summed E-state index contributed by atoms with van der Waals surface area (Å²) in [5.74, 6) is -0.319. The lowest BCUT2D eigenvalue weighted by atomic mass is 9.96. The summed E-state index contributed by atoms with van der Waals surface area (Å²) in [6, 6.07) is 3.72. The Balaban J connectivity index is 2.34. The van der Waals surface area contributed by atoms with E-state index in [9.17, 15) is 18.0 Å². The van der Waals surface area contributed by atoms with Crippen molar-refractivity contribution in [1.29, 1.82) is 0 Å². The molecule has 2 aromatic heterocycles. The Morgan fingerprint density at radius 3 is 2.60 bits per heavy atom. The molecule has 2 heterocycles. The van der Waals surface area contributed by atoms with Crippen LogP contribution in [-0.2, 0) is 10.9 Å². The molecule has 0 aliphatic carbocycles. The number of ether oxygens (including phenoxy) is 2. The lowest BCUT2D eigenvalue weighted by Crippen LogP contribution is -2.42. The molecule has 0 saturated carbocycles. The minimum absolute atomic E-state index is 0.0300. The van der Waals surface area contributed by atoms with Crippen molar-refractivity contribution in [2.75, 3.05) is 19.0 Å². The molecule has 0 bridgehead atoms. The molecule has 0 aliphatic rings. The fourth-order valence-corrected chi connectivity index (χ4v) is 2.73. The summed E-state index contributed by atoms with van der Waals surface area (Å²) < 4.78 is 50.7. The first-order valence-electron chi connectivity index (χ1n) is 8.86. The summed E-state index contributed by atoms with van der Waals surface area (Å²) in [7, 11) is 1.18. The van der Waals surface area contributed by atoms with Crippen LogP contribution in [0.3, 0.4) is 0 Å². The van der Waals surface area contributed by atoms with Crippen molar-refractivity contribution in [3.05, 3.63) is 48.3 Å². The molecule has 3 N–H and O–H groups in total. The second kappa shape index (κ2) is 9.12. The molecule has 162 valence electrons. The Hall–Kier alpha value is -3.14. The molecule has 1 amide bonds. The van der Waals surface area contributed by atoms with Crippen LogP contribution >= 0.6 is 0 Å². The average molecular weight is 424 g/mol. The van der Waals surface area contributed by atoms with Crippen molar-refractivity contribution >= 4 is 11.9 Å². The first-order valence-corrected chi connectivity index (χ1v) is 8.86. The number of hydrogen-bond acceptors (Lipinski definition) is 6. The Morgan fingerprint density at radius 2 is 2.00 bits per heavy atom. The van der Waals surface area contributed by atoms with Crippen molar-refractivity contribution in [1.82, 2.24) is 9.97 Å². The molecule has 30 heavy (non-hydrogen) atoms. The molecule has 0 saturated heterocycles. The van der Waals surface area contributed by atoms with Crippen LogP contribution in [0.1, 0.15) is 25.8 Å². The molecule has 7 nitrogen and oxygen atoms in total. The van der Waals surface area contributed by atoms with Crippen molar-refractivity contribution in [2.24, 2.45) is 5.73 Å². The van der Waals surface area contributed by atoms with Crippen LogP contribution in [0.2, 0.25) is 0 Å². The summed E-state index contributed by atoms with van der Waals surface area (Å²) in [5, 5.41) is 2.34. The largest absolute Gasteiger partial charge is 0.489 e. The number of pyridine rings is 2. The molecule has 1 atom stereocenters. The van der Waals surface area contributed by atoms with Crippen LogP contribution in [0.25, 0.3) is 11.3 Å². The van der Waals surface area contributed by atoms with Gasteiger partial charge in [-0.05, 0) is 38.5 Å². The molecule has 0 spiro atoms. The van der Waals surface area contributed by atoms with Gasteiger partial charge in [0.15, 0.2) is 0 Å². The minimum atomic E-state index is -4.67. The SMILES string of the molecule is C=C(C)C[C@](C)(N)COc1cnc(-c2ccnc(NC(=O)OC)c2)cc1C(F)(F)F. The van der Waals surface area contributed by atoms with E-state index in [0.29, 0.717) is 12.0 Å². The number of nitrogens with one attached hydrogen (secondary N) is 1. The quantitative estimate of drug-likeness (QED) is 0.639. The van der Waals surface area contributed by atoms with Gasteiger partial charge >= 0.3 is 12.3 Å². The predicted molar refractivity (Wildman–Crippen MR) is 106 cm³/mol. The van der Waals surface area contributed by atoms with E-state index in [4.69, 9.17) is 10.5 Å². The van der Waals surface area contributed by atoms with Crippen molar-refractivity contribution in [2.45, 2.75) is 32.0 Å². The summed E-state index contributed by atoms with van der Waals surface area (Å²) in [4.78, 5) is 19.3. The van der Waals surface area contributed by atoms with E-state index in [1.54, 1.807) is 13.8 Å². The second-order valence-electron chi connectivity index (χ2n) is 7.19. The van der Waals surface area contributed by atoms with Crippen molar-refractivity contribution in [3.8, 4) is 17.0 Å². The zero-order valence-corrected chi connectivity index (χ0v) is 16.8. The molecule has 0 aromatic carbocycles.